The van der Waals surface area contributed by atoms with Gasteiger partial charge in [0.2, 0.25) is 10.0 Å². The largest absolute Gasteiger partial charge is 0.394 e. The van der Waals surface area contributed by atoms with E-state index in [0.29, 0.717) is 13.1 Å². The number of hydrogen-bond donors (Lipinski definition) is 4. The van der Waals surface area contributed by atoms with E-state index >= 15 is 0 Å². The number of thiophene rings is 2. The highest BCUT2D eigenvalue weighted by atomic mass is 32.2. The third-order valence-corrected chi connectivity index (χ3v) is 6.22. The van der Waals surface area contributed by atoms with Crippen LogP contribution in [0, 0.1) is 0 Å². The van der Waals surface area contributed by atoms with Gasteiger partial charge in [-0.25, -0.2) is 13.6 Å². The number of primary sulfonamides is 1. The molecule has 2 heterocycles. The van der Waals surface area contributed by atoms with Gasteiger partial charge in [0.05, 0.1) is 16.7 Å². The molecule has 0 radical (unpaired) electrons. The molecule has 0 bridgehead atoms. The number of fused-ring (bicyclic) bond motifs is 1. The van der Waals surface area contributed by atoms with Crippen LogP contribution in [-0.4, -0.2) is 37.9 Å². The molecule has 5 N–H and O–H groups in total. The standard InChI is InChI=1S/C10H14N2O4S3/c11-19(15,16)9-2-6-1-8(17-10(6)18-9)4-12-3-7(14)5-13/h1-2,7,12-14H,3-5H2,(H2,11,15,16). The van der Waals surface area contributed by atoms with Gasteiger partial charge in [0, 0.05) is 23.4 Å². The highest BCUT2D eigenvalue weighted by Crippen LogP contribution is 2.35. The van der Waals surface area contributed by atoms with Gasteiger partial charge in [0.1, 0.15) is 4.21 Å². The summed E-state index contributed by atoms with van der Waals surface area (Å²) in [4.78, 5) is 1.03. The molecule has 2 rings (SSSR count). The summed E-state index contributed by atoms with van der Waals surface area (Å²) in [6.45, 7) is 0.600. The lowest BCUT2D eigenvalue weighted by Gasteiger charge is -2.07. The van der Waals surface area contributed by atoms with E-state index in [0.717, 1.165) is 25.6 Å². The fourth-order valence-corrected chi connectivity index (χ4v) is 4.88. The molecule has 9 heteroatoms. The fourth-order valence-electron chi connectivity index (χ4n) is 1.52. The number of aliphatic hydroxyl groups is 2. The van der Waals surface area contributed by atoms with Crippen molar-refractivity contribution in [1.82, 2.24) is 5.32 Å². The Hall–Kier alpha value is -0.550. The van der Waals surface area contributed by atoms with E-state index in [1.807, 2.05) is 6.07 Å². The molecule has 0 aliphatic rings. The van der Waals surface area contributed by atoms with Crippen LogP contribution in [0.3, 0.4) is 0 Å². The molecule has 0 aromatic carbocycles. The Morgan fingerprint density at radius 2 is 2.11 bits per heavy atom. The highest BCUT2D eigenvalue weighted by Gasteiger charge is 2.14. The maximum Gasteiger partial charge on any atom is 0.247 e. The maximum absolute atomic E-state index is 11.2. The van der Waals surface area contributed by atoms with Gasteiger partial charge in [-0.15, -0.1) is 22.7 Å². The summed E-state index contributed by atoms with van der Waals surface area (Å²) >= 11 is 2.64. The number of sulfonamides is 1. The van der Waals surface area contributed by atoms with Crippen LogP contribution in [-0.2, 0) is 16.6 Å². The van der Waals surface area contributed by atoms with Crippen molar-refractivity contribution < 1.29 is 18.6 Å². The zero-order valence-corrected chi connectivity index (χ0v) is 12.3. The summed E-state index contributed by atoms with van der Waals surface area (Å²) in [6.07, 6.45) is -0.768. The van der Waals surface area contributed by atoms with Gasteiger partial charge in [-0.2, -0.15) is 0 Å². The molecule has 0 aliphatic heterocycles. The van der Waals surface area contributed by atoms with E-state index in [4.69, 9.17) is 10.2 Å². The van der Waals surface area contributed by atoms with Gasteiger partial charge in [0.25, 0.3) is 0 Å². The minimum Gasteiger partial charge on any atom is -0.394 e. The van der Waals surface area contributed by atoms with Crippen molar-refractivity contribution in [3.8, 4) is 0 Å². The fraction of sp³-hybridized carbons (Fsp3) is 0.400. The Kier molecular flexibility index (Phi) is 4.56. The first-order valence-electron chi connectivity index (χ1n) is 5.45. The molecule has 0 spiro atoms. The summed E-state index contributed by atoms with van der Waals surface area (Å²) < 4.78 is 23.5. The van der Waals surface area contributed by atoms with Crippen LogP contribution < -0.4 is 10.5 Å². The van der Waals surface area contributed by atoms with Crippen LogP contribution in [0.1, 0.15) is 4.88 Å². The first-order valence-corrected chi connectivity index (χ1v) is 8.63. The van der Waals surface area contributed by atoms with E-state index in [-0.39, 0.29) is 10.8 Å². The van der Waals surface area contributed by atoms with Crippen molar-refractivity contribution in [1.29, 1.82) is 0 Å². The van der Waals surface area contributed by atoms with E-state index in [1.165, 1.54) is 11.3 Å². The molecule has 0 amide bonds. The van der Waals surface area contributed by atoms with Crippen molar-refractivity contribution >= 4 is 42.1 Å². The summed E-state index contributed by atoms with van der Waals surface area (Å²) in [5.41, 5.74) is 0. The molecule has 0 saturated carbocycles. The molecule has 106 valence electrons. The van der Waals surface area contributed by atoms with Crippen molar-refractivity contribution in [2.24, 2.45) is 5.14 Å². The Balaban J connectivity index is 2.05. The van der Waals surface area contributed by atoms with Gasteiger partial charge in [0.15, 0.2) is 0 Å². The number of hydrogen-bond acceptors (Lipinski definition) is 7. The van der Waals surface area contributed by atoms with Crippen LogP contribution in [0.4, 0.5) is 0 Å². The average molecular weight is 322 g/mol. The first kappa shape index (κ1) is 14.9. The zero-order chi connectivity index (χ0) is 14.0. The van der Waals surface area contributed by atoms with Crippen LogP contribution in [0.15, 0.2) is 16.3 Å². The Labute approximate surface area is 118 Å². The summed E-state index contributed by atoms with van der Waals surface area (Å²) in [5.74, 6) is 0. The van der Waals surface area contributed by atoms with Crippen molar-refractivity contribution in [2.45, 2.75) is 16.9 Å². The van der Waals surface area contributed by atoms with Gasteiger partial charge >= 0.3 is 0 Å². The minimum absolute atomic E-state index is 0.170. The van der Waals surface area contributed by atoms with Gasteiger partial charge in [-0.3, -0.25) is 0 Å². The lowest BCUT2D eigenvalue weighted by Crippen LogP contribution is -2.28. The monoisotopic (exact) mass is 322 g/mol. The predicted octanol–water partition coefficient (Wildman–Crippen LogP) is 0.0530. The van der Waals surface area contributed by atoms with Crippen LogP contribution in [0.25, 0.3) is 9.40 Å². The lowest BCUT2D eigenvalue weighted by molar-refractivity contribution is 0.0943. The number of nitrogens with one attached hydrogen (secondary N) is 1. The first-order chi connectivity index (χ1) is 8.90. The van der Waals surface area contributed by atoms with E-state index in [9.17, 15) is 13.5 Å². The topological polar surface area (TPSA) is 113 Å². The molecular formula is C10H14N2O4S3. The Bertz CT molecular complexity index is 630. The van der Waals surface area contributed by atoms with Crippen molar-refractivity contribution in [3.05, 3.63) is 17.0 Å². The minimum atomic E-state index is -3.63. The second kappa shape index (κ2) is 5.83. The van der Waals surface area contributed by atoms with Crippen LogP contribution in [0.2, 0.25) is 0 Å². The van der Waals surface area contributed by atoms with Crippen molar-refractivity contribution in [3.63, 3.8) is 0 Å². The molecule has 1 unspecified atom stereocenters. The smallest absolute Gasteiger partial charge is 0.247 e. The van der Waals surface area contributed by atoms with E-state index in [1.54, 1.807) is 6.07 Å². The number of rotatable bonds is 6. The molecule has 19 heavy (non-hydrogen) atoms. The number of aliphatic hydroxyl groups excluding tert-OH is 2. The molecule has 1 atom stereocenters. The molecule has 2 aromatic rings. The normalized spacial score (nSPS) is 14.1. The number of nitrogens with two attached hydrogens (primary N) is 1. The molecule has 0 saturated heterocycles. The predicted molar refractivity (Wildman–Crippen MR) is 75.9 cm³/mol. The third-order valence-electron chi connectivity index (χ3n) is 2.41. The highest BCUT2D eigenvalue weighted by molar-refractivity contribution is 7.91. The lowest BCUT2D eigenvalue weighted by atomic mass is 10.3. The maximum atomic E-state index is 11.2. The summed E-state index contributed by atoms with van der Waals surface area (Å²) in [7, 11) is -3.63. The molecule has 2 aromatic heterocycles. The summed E-state index contributed by atoms with van der Waals surface area (Å²) in [6, 6.07) is 3.46. The third kappa shape index (κ3) is 3.72. The Morgan fingerprint density at radius 3 is 2.68 bits per heavy atom. The molecule has 6 nitrogen and oxygen atoms in total. The van der Waals surface area contributed by atoms with Gasteiger partial charge in [-0.05, 0) is 12.1 Å². The average Bonchev–Trinajstić information content (AvgIpc) is 2.85. The van der Waals surface area contributed by atoms with Gasteiger partial charge < -0.3 is 15.5 Å². The molecular weight excluding hydrogens is 308 g/mol. The second-order valence-electron chi connectivity index (χ2n) is 4.03. The van der Waals surface area contributed by atoms with Crippen LogP contribution in [0.5, 0.6) is 0 Å². The second-order valence-corrected chi connectivity index (χ2v) is 8.27. The molecule has 0 fully saturated rings. The van der Waals surface area contributed by atoms with E-state index in [2.05, 4.69) is 5.32 Å². The van der Waals surface area contributed by atoms with Crippen molar-refractivity contribution in [2.75, 3.05) is 13.2 Å². The quantitative estimate of drug-likeness (QED) is 0.600. The van der Waals surface area contributed by atoms with E-state index < -0.39 is 16.1 Å². The zero-order valence-electron chi connectivity index (χ0n) is 9.87. The van der Waals surface area contributed by atoms with Gasteiger partial charge in [-0.1, -0.05) is 0 Å². The van der Waals surface area contributed by atoms with Crippen LogP contribution >= 0.6 is 22.7 Å². The summed E-state index contributed by atoms with van der Waals surface area (Å²) in [5, 5.41) is 26.8. The molecule has 0 aliphatic carbocycles. The SMILES string of the molecule is NS(=O)(=O)c1cc2cc(CNCC(O)CO)sc2s1. The Morgan fingerprint density at radius 1 is 1.37 bits per heavy atom.